The summed E-state index contributed by atoms with van der Waals surface area (Å²) >= 11 is 6.48. The van der Waals surface area contributed by atoms with Gasteiger partial charge >= 0.3 is 0 Å². The van der Waals surface area contributed by atoms with E-state index in [4.69, 9.17) is 26.8 Å². The first-order valence-corrected chi connectivity index (χ1v) is 9.95. The average molecular weight is 377 g/mol. The van der Waals surface area contributed by atoms with Gasteiger partial charge in [0.05, 0.1) is 18.2 Å². The summed E-state index contributed by atoms with van der Waals surface area (Å²) in [6.45, 7) is 4.45. The van der Waals surface area contributed by atoms with Crippen molar-refractivity contribution in [3.8, 4) is 11.6 Å². The molecule has 1 atom stereocenters. The Balaban J connectivity index is 1.75. The number of hydrogen-bond donors (Lipinski definition) is 1. The minimum Gasteiger partial charge on any atom is -0.489 e. The highest BCUT2D eigenvalue weighted by molar-refractivity contribution is 6.33. The lowest BCUT2D eigenvalue weighted by atomic mass is 9.66. The van der Waals surface area contributed by atoms with Gasteiger partial charge in [0.25, 0.3) is 0 Å². The molecule has 1 aromatic carbocycles. The number of aromatic nitrogens is 1. The summed E-state index contributed by atoms with van der Waals surface area (Å²) in [6.07, 6.45) is 8.38. The fourth-order valence-electron chi connectivity index (χ4n) is 4.28. The van der Waals surface area contributed by atoms with Crippen LogP contribution in [0.1, 0.15) is 52.4 Å². The van der Waals surface area contributed by atoms with Gasteiger partial charge < -0.3 is 15.2 Å². The molecule has 0 spiro atoms. The van der Waals surface area contributed by atoms with Gasteiger partial charge in [-0.15, -0.1) is 0 Å². The topological polar surface area (TPSA) is 57.4 Å². The lowest BCUT2D eigenvalue weighted by Crippen LogP contribution is -2.45. The molecule has 1 aromatic heterocycles. The normalized spacial score (nSPS) is 24.4. The molecule has 2 aromatic rings. The van der Waals surface area contributed by atoms with Crippen LogP contribution in [0.2, 0.25) is 5.02 Å². The van der Waals surface area contributed by atoms with Crippen LogP contribution in [0.3, 0.4) is 0 Å². The van der Waals surface area contributed by atoms with Crippen molar-refractivity contribution in [2.24, 2.45) is 11.1 Å². The molecular formula is C21H29ClN2O2. The Kier molecular flexibility index (Phi) is 5.93. The fraction of sp³-hybridized carbons (Fsp3) is 0.571. The summed E-state index contributed by atoms with van der Waals surface area (Å²) in [7, 11) is 1.61. The van der Waals surface area contributed by atoms with Crippen molar-refractivity contribution in [3.05, 3.63) is 29.4 Å². The van der Waals surface area contributed by atoms with Crippen LogP contribution in [0.25, 0.3) is 10.8 Å². The SMILES string of the molecule is CCC(N)[C@]1(CC)CC[C@H](Oc2cc3ccnc(OC)c3cc2Cl)CC1. The number of fused-ring (bicyclic) bond motifs is 1. The quantitative estimate of drug-likeness (QED) is 0.738. The molecule has 26 heavy (non-hydrogen) atoms. The van der Waals surface area contributed by atoms with Gasteiger partial charge in [-0.3, -0.25) is 0 Å². The number of hydrogen-bond acceptors (Lipinski definition) is 4. The third-order valence-corrected chi connectivity index (χ3v) is 6.42. The first-order chi connectivity index (χ1) is 12.5. The Morgan fingerprint density at radius 2 is 2.04 bits per heavy atom. The van der Waals surface area contributed by atoms with E-state index >= 15 is 0 Å². The van der Waals surface area contributed by atoms with E-state index in [-0.39, 0.29) is 17.6 Å². The number of pyridine rings is 1. The van der Waals surface area contributed by atoms with Crippen molar-refractivity contribution < 1.29 is 9.47 Å². The molecule has 1 aliphatic carbocycles. The molecule has 1 heterocycles. The molecule has 0 aliphatic heterocycles. The largest absolute Gasteiger partial charge is 0.489 e. The van der Waals surface area contributed by atoms with Crippen LogP contribution in [0.15, 0.2) is 24.4 Å². The molecule has 3 rings (SSSR count). The summed E-state index contributed by atoms with van der Waals surface area (Å²) in [5, 5.41) is 2.51. The maximum atomic E-state index is 6.48. The Morgan fingerprint density at radius 1 is 1.31 bits per heavy atom. The van der Waals surface area contributed by atoms with E-state index in [1.54, 1.807) is 13.3 Å². The zero-order valence-electron chi connectivity index (χ0n) is 15.9. The molecule has 1 unspecified atom stereocenters. The molecule has 1 aliphatic rings. The number of nitrogens with two attached hydrogens (primary N) is 1. The first kappa shape index (κ1) is 19.2. The van der Waals surface area contributed by atoms with E-state index in [1.807, 2.05) is 18.2 Å². The molecule has 0 radical (unpaired) electrons. The number of methoxy groups -OCH3 is 1. The van der Waals surface area contributed by atoms with Gasteiger partial charge in [-0.25, -0.2) is 4.98 Å². The van der Waals surface area contributed by atoms with Crippen LogP contribution in [0.5, 0.6) is 11.6 Å². The monoisotopic (exact) mass is 376 g/mol. The van der Waals surface area contributed by atoms with Crippen LogP contribution < -0.4 is 15.2 Å². The van der Waals surface area contributed by atoms with Gasteiger partial charge in [0.2, 0.25) is 5.88 Å². The third-order valence-electron chi connectivity index (χ3n) is 6.13. The Bertz CT molecular complexity index is 757. The Labute approximate surface area is 161 Å². The van der Waals surface area contributed by atoms with Crippen LogP contribution in [0, 0.1) is 5.41 Å². The molecule has 4 nitrogen and oxygen atoms in total. The van der Waals surface area contributed by atoms with Crippen molar-refractivity contribution >= 4 is 22.4 Å². The second kappa shape index (κ2) is 8.01. The van der Waals surface area contributed by atoms with Crippen molar-refractivity contribution in [1.82, 2.24) is 4.98 Å². The smallest absolute Gasteiger partial charge is 0.221 e. The number of rotatable bonds is 6. The second-order valence-electron chi connectivity index (χ2n) is 7.37. The van der Waals surface area contributed by atoms with Crippen LogP contribution in [-0.4, -0.2) is 24.2 Å². The maximum absolute atomic E-state index is 6.48. The Hall–Kier alpha value is -1.52. The second-order valence-corrected chi connectivity index (χ2v) is 7.78. The summed E-state index contributed by atoms with van der Waals surface area (Å²) < 4.78 is 11.6. The fourth-order valence-corrected chi connectivity index (χ4v) is 4.49. The van der Waals surface area contributed by atoms with E-state index in [9.17, 15) is 0 Å². The van der Waals surface area contributed by atoms with Gasteiger partial charge in [0.15, 0.2) is 0 Å². The zero-order valence-corrected chi connectivity index (χ0v) is 16.7. The van der Waals surface area contributed by atoms with Crippen molar-refractivity contribution in [2.45, 2.75) is 64.5 Å². The minimum atomic E-state index is 0.192. The van der Waals surface area contributed by atoms with Gasteiger partial charge in [-0.2, -0.15) is 0 Å². The molecule has 1 saturated carbocycles. The summed E-state index contributed by atoms with van der Waals surface area (Å²) in [5.74, 6) is 1.32. The van der Waals surface area contributed by atoms with Crippen molar-refractivity contribution in [2.75, 3.05) is 7.11 Å². The standard InChI is InChI=1S/C21H29ClN2O2/c1-4-19(23)21(5-2)9-6-15(7-10-21)26-18-12-14-8-11-24-20(25-3)16(14)13-17(18)22/h8,11-13,15,19H,4-7,9-10,23H2,1-3H3/t15-,19?,21+. The summed E-state index contributed by atoms with van der Waals surface area (Å²) in [6, 6.07) is 6.09. The van der Waals surface area contributed by atoms with Crippen LogP contribution >= 0.6 is 11.6 Å². The molecule has 0 saturated heterocycles. The predicted molar refractivity (Wildman–Crippen MR) is 107 cm³/mol. The molecule has 142 valence electrons. The van der Waals surface area contributed by atoms with Crippen molar-refractivity contribution in [3.63, 3.8) is 0 Å². The molecule has 5 heteroatoms. The lowest BCUT2D eigenvalue weighted by molar-refractivity contribution is 0.0569. The van der Waals surface area contributed by atoms with Crippen LogP contribution in [-0.2, 0) is 0 Å². The van der Waals surface area contributed by atoms with E-state index in [0.29, 0.717) is 10.9 Å². The van der Waals surface area contributed by atoms with Crippen molar-refractivity contribution in [1.29, 1.82) is 0 Å². The van der Waals surface area contributed by atoms with E-state index < -0.39 is 0 Å². The highest BCUT2D eigenvalue weighted by Gasteiger charge is 2.38. The van der Waals surface area contributed by atoms with Gasteiger partial charge in [0, 0.05) is 17.6 Å². The Morgan fingerprint density at radius 3 is 2.65 bits per heavy atom. The molecular weight excluding hydrogens is 348 g/mol. The van der Waals surface area contributed by atoms with E-state index in [0.717, 1.165) is 55.0 Å². The predicted octanol–water partition coefficient (Wildman–Crippen LogP) is 5.35. The summed E-state index contributed by atoms with van der Waals surface area (Å²) in [4.78, 5) is 4.23. The van der Waals surface area contributed by atoms with E-state index in [2.05, 4.69) is 18.8 Å². The number of benzene rings is 1. The molecule has 0 amide bonds. The zero-order chi connectivity index (χ0) is 18.7. The number of halogens is 1. The number of ether oxygens (including phenoxy) is 2. The number of nitrogens with zero attached hydrogens (tertiary/aromatic N) is 1. The van der Waals surface area contributed by atoms with E-state index in [1.165, 1.54) is 0 Å². The van der Waals surface area contributed by atoms with Gasteiger partial charge in [0.1, 0.15) is 5.75 Å². The average Bonchev–Trinajstić information content (AvgIpc) is 2.68. The van der Waals surface area contributed by atoms with Gasteiger partial charge in [-0.05, 0) is 67.5 Å². The molecule has 0 bridgehead atoms. The highest BCUT2D eigenvalue weighted by Crippen LogP contribution is 2.44. The van der Waals surface area contributed by atoms with Gasteiger partial charge in [-0.1, -0.05) is 25.4 Å². The molecule has 2 N–H and O–H groups in total. The highest BCUT2D eigenvalue weighted by atomic mass is 35.5. The first-order valence-electron chi connectivity index (χ1n) is 9.57. The minimum absolute atomic E-state index is 0.192. The van der Waals surface area contributed by atoms with Crippen LogP contribution in [0.4, 0.5) is 0 Å². The summed E-state index contributed by atoms with van der Waals surface area (Å²) in [5.41, 5.74) is 6.69. The maximum Gasteiger partial charge on any atom is 0.221 e. The third kappa shape index (κ3) is 3.63. The molecule has 1 fully saturated rings. The lowest BCUT2D eigenvalue weighted by Gasteiger charge is -2.43.